The maximum atomic E-state index is 10.9. The molecule has 4 nitrogen and oxygen atoms in total. The zero-order valence-electron chi connectivity index (χ0n) is 11.6. The van der Waals surface area contributed by atoms with Crippen molar-refractivity contribution in [2.45, 2.75) is 17.9 Å². The first-order valence-corrected chi connectivity index (χ1v) is 7.39. The van der Waals surface area contributed by atoms with E-state index in [9.17, 15) is 4.79 Å². The molecule has 1 unspecified atom stereocenters. The molecule has 19 heavy (non-hydrogen) atoms. The number of carbonyl (C=O) groups is 1. The van der Waals surface area contributed by atoms with Gasteiger partial charge in [0, 0.05) is 24.6 Å². The molecule has 106 valence electrons. The molecule has 0 amide bonds. The van der Waals surface area contributed by atoms with Gasteiger partial charge in [-0.25, -0.2) is 0 Å². The first-order valence-electron chi connectivity index (χ1n) is 6.17. The van der Waals surface area contributed by atoms with Gasteiger partial charge in [0.1, 0.15) is 0 Å². The predicted molar refractivity (Wildman–Crippen MR) is 77.7 cm³/mol. The Morgan fingerprint density at radius 2 is 2.05 bits per heavy atom. The summed E-state index contributed by atoms with van der Waals surface area (Å²) in [6.07, 6.45) is 2.04. The number of carboxylic acid groups (broad SMARTS) is 1. The molecule has 0 aliphatic heterocycles. The second kappa shape index (κ2) is 8.19. The maximum absolute atomic E-state index is 10.9. The van der Waals surface area contributed by atoms with Crippen LogP contribution in [0.4, 0.5) is 0 Å². The van der Waals surface area contributed by atoms with E-state index in [0.717, 1.165) is 5.56 Å². The van der Waals surface area contributed by atoms with Gasteiger partial charge in [0.2, 0.25) is 0 Å². The summed E-state index contributed by atoms with van der Waals surface area (Å²) in [6, 6.07) is 8.29. The smallest absolute Gasteiger partial charge is 0.317 e. The van der Waals surface area contributed by atoms with Gasteiger partial charge in [0.05, 0.1) is 13.2 Å². The molecule has 0 bridgehead atoms. The first kappa shape index (κ1) is 16.0. The molecule has 0 heterocycles. The second-order valence-corrected chi connectivity index (χ2v) is 5.19. The van der Waals surface area contributed by atoms with Crippen LogP contribution in [0.5, 0.6) is 0 Å². The summed E-state index contributed by atoms with van der Waals surface area (Å²) in [4.78, 5) is 14.0. The zero-order valence-corrected chi connectivity index (χ0v) is 12.4. The highest BCUT2D eigenvalue weighted by Crippen LogP contribution is 2.23. The van der Waals surface area contributed by atoms with Crippen LogP contribution in [0.1, 0.15) is 18.5 Å². The van der Waals surface area contributed by atoms with Crippen molar-refractivity contribution in [2.24, 2.45) is 0 Å². The Hall–Kier alpha value is -1.04. The normalized spacial score (nSPS) is 12.6. The predicted octanol–water partition coefficient (Wildman–Crippen LogP) is 2.50. The number of hydrogen-bond acceptors (Lipinski definition) is 4. The van der Waals surface area contributed by atoms with E-state index in [1.54, 1.807) is 18.9 Å². The van der Waals surface area contributed by atoms with E-state index in [2.05, 4.69) is 24.3 Å². The highest BCUT2D eigenvalue weighted by atomic mass is 32.2. The molecule has 0 saturated carbocycles. The standard InChI is InChI=1S/C14H21NO3S/c1-11(12-4-6-13(19-3)7-5-12)15(8-9-18-2)10-14(16)17/h4-7,11H,8-10H2,1-3H3,(H,16,17). The molecular weight excluding hydrogens is 262 g/mol. The summed E-state index contributed by atoms with van der Waals surface area (Å²) in [5.41, 5.74) is 1.12. The average molecular weight is 283 g/mol. The molecule has 1 N–H and O–H groups in total. The lowest BCUT2D eigenvalue weighted by molar-refractivity contribution is -0.139. The Morgan fingerprint density at radius 1 is 1.42 bits per heavy atom. The number of benzene rings is 1. The average Bonchev–Trinajstić information content (AvgIpc) is 2.42. The molecule has 1 aromatic carbocycles. The number of carboxylic acids is 1. The summed E-state index contributed by atoms with van der Waals surface area (Å²) < 4.78 is 5.04. The molecular formula is C14H21NO3S. The highest BCUT2D eigenvalue weighted by molar-refractivity contribution is 7.98. The molecule has 0 aromatic heterocycles. The van der Waals surface area contributed by atoms with Crippen LogP contribution < -0.4 is 0 Å². The van der Waals surface area contributed by atoms with Gasteiger partial charge in [-0.1, -0.05) is 12.1 Å². The molecule has 0 radical (unpaired) electrons. The van der Waals surface area contributed by atoms with E-state index < -0.39 is 5.97 Å². The summed E-state index contributed by atoms with van der Waals surface area (Å²) >= 11 is 1.69. The minimum absolute atomic E-state index is 0.0226. The Bertz CT molecular complexity index is 394. The molecule has 0 fully saturated rings. The van der Waals surface area contributed by atoms with Crippen molar-refractivity contribution >= 4 is 17.7 Å². The van der Waals surface area contributed by atoms with Gasteiger partial charge in [-0.05, 0) is 30.9 Å². The lowest BCUT2D eigenvalue weighted by Gasteiger charge is -2.27. The van der Waals surface area contributed by atoms with Crippen LogP contribution in [0.3, 0.4) is 0 Å². The first-order chi connectivity index (χ1) is 9.08. The van der Waals surface area contributed by atoms with Gasteiger partial charge in [0.15, 0.2) is 0 Å². The van der Waals surface area contributed by atoms with E-state index in [1.165, 1.54) is 4.90 Å². The fraction of sp³-hybridized carbons (Fsp3) is 0.500. The Kier molecular flexibility index (Phi) is 6.91. The van der Waals surface area contributed by atoms with Crippen LogP contribution >= 0.6 is 11.8 Å². The van der Waals surface area contributed by atoms with Crippen LogP contribution in [0, 0.1) is 0 Å². The van der Waals surface area contributed by atoms with Crippen molar-refractivity contribution in [1.82, 2.24) is 4.90 Å². The minimum Gasteiger partial charge on any atom is -0.480 e. The largest absolute Gasteiger partial charge is 0.480 e. The Morgan fingerprint density at radius 3 is 2.53 bits per heavy atom. The number of aliphatic carboxylic acids is 1. The number of methoxy groups -OCH3 is 1. The number of thioether (sulfide) groups is 1. The number of nitrogens with zero attached hydrogens (tertiary/aromatic N) is 1. The lowest BCUT2D eigenvalue weighted by atomic mass is 10.1. The van der Waals surface area contributed by atoms with Crippen molar-refractivity contribution in [3.05, 3.63) is 29.8 Å². The fourth-order valence-corrected chi connectivity index (χ4v) is 2.29. The SMILES string of the molecule is COCCN(CC(=O)O)C(C)c1ccc(SC)cc1. The van der Waals surface area contributed by atoms with Crippen LogP contribution in [0.2, 0.25) is 0 Å². The molecule has 0 spiro atoms. The Labute approximate surface area is 118 Å². The Balaban J connectivity index is 2.77. The van der Waals surface area contributed by atoms with Crippen LogP contribution in [0.15, 0.2) is 29.2 Å². The van der Waals surface area contributed by atoms with E-state index in [1.807, 2.05) is 18.1 Å². The lowest BCUT2D eigenvalue weighted by Crippen LogP contribution is -2.35. The van der Waals surface area contributed by atoms with Gasteiger partial charge in [0.25, 0.3) is 0 Å². The van der Waals surface area contributed by atoms with Crippen molar-refractivity contribution in [3.63, 3.8) is 0 Å². The van der Waals surface area contributed by atoms with Crippen molar-refractivity contribution in [2.75, 3.05) is 33.1 Å². The highest BCUT2D eigenvalue weighted by Gasteiger charge is 2.18. The number of rotatable bonds is 8. The van der Waals surface area contributed by atoms with E-state index >= 15 is 0 Å². The van der Waals surface area contributed by atoms with E-state index in [4.69, 9.17) is 9.84 Å². The van der Waals surface area contributed by atoms with E-state index in [0.29, 0.717) is 13.2 Å². The van der Waals surface area contributed by atoms with E-state index in [-0.39, 0.29) is 12.6 Å². The third-order valence-corrected chi connectivity index (χ3v) is 3.81. The van der Waals surface area contributed by atoms with Gasteiger partial charge in [-0.2, -0.15) is 0 Å². The monoisotopic (exact) mass is 283 g/mol. The zero-order chi connectivity index (χ0) is 14.3. The van der Waals surface area contributed by atoms with Gasteiger partial charge in [-0.15, -0.1) is 11.8 Å². The van der Waals surface area contributed by atoms with Crippen LogP contribution in [-0.2, 0) is 9.53 Å². The molecule has 1 atom stereocenters. The van der Waals surface area contributed by atoms with Crippen molar-refractivity contribution in [3.8, 4) is 0 Å². The van der Waals surface area contributed by atoms with Gasteiger partial charge >= 0.3 is 5.97 Å². The van der Waals surface area contributed by atoms with Crippen molar-refractivity contribution in [1.29, 1.82) is 0 Å². The summed E-state index contributed by atoms with van der Waals surface area (Å²) in [5.74, 6) is -0.816. The van der Waals surface area contributed by atoms with Crippen molar-refractivity contribution < 1.29 is 14.6 Å². The topological polar surface area (TPSA) is 49.8 Å². The minimum atomic E-state index is -0.816. The third-order valence-electron chi connectivity index (χ3n) is 3.07. The molecule has 0 saturated heterocycles. The third kappa shape index (κ3) is 5.22. The maximum Gasteiger partial charge on any atom is 0.317 e. The summed E-state index contributed by atoms with van der Waals surface area (Å²) in [6.45, 7) is 3.18. The second-order valence-electron chi connectivity index (χ2n) is 4.31. The molecule has 0 aliphatic rings. The summed E-state index contributed by atoms with van der Waals surface area (Å²) in [5, 5.41) is 8.98. The number of ether oxygens (including phenoxy) is 1. The molecule has 1 rings (SSSR count). The van der Waals surface area contributed by atoms with Gasteiger partial charge in [-0.3, -0.25) is 9.69 Å². The molecule has 5 heteroatoms. The summed E-state index contributed by atoms with van der Waals surface area (Å²) in [7, 11) is 1.62. The fourth-order valence-electron chi connectivity index (χ4n) is 1.89. The van der Waals surface area contributed by atoms with Crippen LogP contribution in [0.25, 0.3) is 0 Å². The molecule has 1 aromatic rings. The quantitative estimate of drug-likeness (QED) is 0.743. The number of hydrogen-bond donors (Lipinski definition) is 1. The van der Waals surface area contributed by atoms with Gasteiger partial charge < -0.3 is 9.84 Å². The van der Waals surface area contributed by atoms with Crippen LogP contribution in [-0.4, -0.2) is 49.0 Å². The molecule has 0 aliphatic carbocycles.